The molecule has 0 spiro atoms. The third kappa shape index (κ3) is 5.34. The van der Waals surface area contributed by atoms with Gasteiger partial charge in [0.25, 0.3) is 5.91 Å². The summed E-state index contributed by atoms with van der Waals surface area (Å²) in [5.41, 5.74) is 1.44. The van der Waals surface area contributed by atoms with E-state index in [2.05, 4.69) is 4.98 Å². The molecule has 2 heterocycles. The predicted molar refractivity (Wildman–Crippen MR) is 128 cm³/mol. The van der Waals surface area contributed by atoms with Crippen LogP contribution in [0.2, 0.25) is 0 Å². The Balaban J connectivity index is 1.55. The third-order valence-corrected chi connectivity index (χ3v) is 6.63. The van der Waals surface area contributed by atoms with Crippen molar-refractivity contribution in [1.29, 1.82) is 0 Å². The summed E-state index contributed by atoms with van der Waals surface area (Å²) in [5.74, 6) is 0.657. The molecule has 1 aliphatic rings. The van der Waals surface area contributed by atoms with Gasteiger partial charge >= 0.3 is 6.09 Å². The monoisotopic (exact) mass is 465 g/mol. The van der Waals surface area contributed by atoms with Crippen molar-refractivity contribution in [3.63, 3.8) is 0 Å². The average molecular weight is 466 g/mol. The second kappa shape index (κ2) is 10.5. The molecule has 2 aromatic carbocycles. The number of piperazine rings is 1. The lowest BCUT2D eigenvalue weighted by atomic mass is 10.1. The van der Waals surface area contributed by atoms with E-state index in [4.69, 9.17) is 9.47 Å². The fourth-order valence-electron chi connectivity index (χ4n) is 3.99. The number of thiazole rings is 1. The molecule has 1 unspecified atom stereocenters. The van der Waals surface area contributed by atoms with Crippen LogP contribution in [0.4, 0.5) is 4.79 Å². The quantitative estimate of drug-likeness (QED) is 0.537. The molecule has 1 atom stereocenters. The second-order valence-corrected chi connectivity index (χ2v) is 9.00. The highest BCUT2D eigenvalue weighted by Crippen LogP contribution is 2.32. The Hall–Kier alpha value is -3.39. The molecule has 1 aliphatic heterocycles. The maximum Gasteiger partial charge on any atom is 0.409 e. The van der Waals surface area contributed by atoms with E-state index in [1.165, 1.54) is 18.4 Å². The molecular weight excluding hydrogens is 438 g/mol. The maximum absolute atomic E-state index is 13.7. The number of carbonyl (C=O) groups is 2. The molecule has 0 aliphatic carbocycles. The van der Waals surface area contributed by atoms with Gasteiger partial charge in [-0.05, 0) is 24.6 Å². The van der Waals surface area contributed by atoms with Gasteiger partial charge in [0.15, 0.2) is 0 Å². The van der Waals surface area contributed by atoms with Crippen molar-refractivity contribution >= 4 is 23.3 Å². The number of para-hydroxylation sites is 1. The van der Waals surface area contributed by atoms with E-state index in [1.54, 1.807) is 4.90 Å². The van der Waals surface area contributed by atoms with Crippen LogP contribution in [0.25, 0.3) is 10.4 Å². The summed E-state index contributed by atoms with van der Waals surface area (Å²) < 4.78 is 10.8. The van der Waals surface area contributed by atoms with E-state index >= 15 is 0 Å². The van der Waals surface area contributed by atoms with Crippen molar-refractivity contribution in [3.8, 4) is 16.2 Å². The Kier molecular flexibility index (Phi) is 7.24. The average Bonchev–Trinajstić information content (AvgIpc) is 3.26. The van der Waals surface area contributed by atoms with Crippen LogP contribution < -0.4 is 4.74 Å². The van der Waals surface area contributed by atoms with Crippen LogP contribution in [0.15, 0.2) is 60.7 Å². The molecule has 0 N–H and O–H groups in total. The first kappa shape index (κ1) is 22.8. The number of ether oxygens (including phenoxy) is 2. The molecule has 1 saturated heterocycles. The number of nitrogens with zero attached hydrogens (tertiary/aromatic N) is 3. The van der Waals surface area contributed by atoms with Crippen LogP contribution in [0.5, 0.6) is 5.75 Å². The molecule has 1 aromatic heterocycles. The van der Waals surface area contributed by atoms with Gasteiger partial charge in [0.05, 0.1) is 29.6 Å². The van der Waals surface area contributed by atoms with Gasteiger partial charge in [0, 0.05) is 26.1 Å². The number of aryl methyl sites for hydroxylation is 1. The molecule has 33 heavy (non-hydrogen) atoms. The fraction of sp³-hybridized carbons (Fsp3) is 0.320. The van der Waals surface area contributed by atoms with Gasteiger partial charge < -0.3 is 19.3 Å². The lowest BCUT2D eigenvalue weighted by Crippen LogP contribution is -2.57. The first-order valence-corrected chi connectivity index (χ1v) is 11.7. The molecule has 7 nitrogen and oxygen atoms in total. The maximum atomic E-state index is 13.7. The van der Waals surface area contributed by atoms with Gasteiger partial charge in [-0.3, -0.25) is 4.79 Å². The minimum absolute atomic E-state index is 0.118. The summed E-state index contributed by atoms with van der Waals surface area (Å²) in [6, 6.07) is 19.2. The molecule has 2 amide bonds. The number of benzene rings is 2. The first-order valence-electron chi connectivity index (χ1n) is 10.9. The molecule has 0 radical (unpaired) electrons. The van der Waals surface area contributed by atoms with Gasteiger partial charge in [0.1, 0.15) is 11.4 Å². The number of aromatic nitrogens is 1. The number of hydrogen-bond acceptors (Lipinski definition) is 6. The zero-order valence-electron chi connectivity index (χ0n) is 18.8. The topological polar surface area (TPSA) is 72.0 Å². The zero-order valence-corrected chi connectivity index (χ0v) is 19.6. The Morgan fingerprint density at radius 3 is 2.45 bits per heavy atom. The molecule has 8 heteroatoms. The molecule has 4 rings (SSSR count). The number of hydrogen-bond donors (Lipinski definition) is 0. The smallest absolute Gasteiger partial charge is 0.409 e. The van der Waals surface area contributed by atoms with Gasteiger partial charge in [0.2, 0.25) is 0 Å². The van der Waals surface area contributed by atoms with E-state index in [9.17, 15) is 9.59 Å². The lowest BCUT2D eigenvalue weighted by molar-refractivity contribution is 0.0372. The highest BCUT2D eigenvalue weighted by atomic mass is 32.1. The van der Waals surface area contributed by atoms with Gasteiger partial charge in [-0.1, -0.05) is 48.5 Å². The van der Waals surface area contributed by atoms with E-state index in [0.29, 0.717) is 38.4 Å². The van der Waals surface area contributed by atoms with E-state index < -0.39 is 0 Å². The summed E-state index contributed by atoms with van der Waals surface area (Å²) in [6.07, 6.45) is 0.198. The summed E-state index contributed by atoms with van der Waals surface area (Å²) in [7, 11) is 1.37. The molecular formula is C25H27N3O4S. The van der Waals surface area contributed by atoms with Crippen molar-refractivity contribution in [2.45, 2.75) is 19.4 Å². The Morgan fingerprint density at radius 1 is 1.06 bits per heavy atom. The van der Waals surface area contributed by atoms with Crippen LogP contribution in [0.3, 0.4) is 0 Å². The zero-order chi connectivity index (χ0) is 23.2. The number of rotatable bonds is 6. The highest BCUT2D eigenvalue weighted by molar-refractivity contribution is 7.15. The molecule has 0 bridgehead atoms. The van der Waals surface area contributed by atoms with Crippen LogP contribution in [-0.2, 0) is 4.74 Å². The number of amides is 2. The van der Waals surface area contributed by atoms with Gasteiger partial charge in [-0.25, -0.2) is 9.78 Å². The molecule has 1 fully saturated rings. The van der Waals surface area contributed by atoms with Crippen molar-refractivity contribution < 1.29 is 19.1 Å². The van der Waals surface area contributed by atoms with Gasteiger partial charge in [-0.15, -0.1) is 11.3 Å². The number of carbonyl (C=O) groups excluding carboxylic acids is 2. The van der Waals surface area contributed by atoms with Crippen molar-refractivity contribution in [2.24, 2.45) is 0 Å². The predicted octanol–water partition coefficient (Wildman–Crippen LogP) is 4.48. The Bertz CT molecular complexity index is 1090. The largest absolute Gasteiger partial charge is 0.494 e. The minimum atomic E-state index is -0.384. The van der Waals surface area contributed by atoms with E-state index in [-0.39, 0.29) is 18.0 Å². The summed E-state index contributed by atoms with van der Waals surface area (Å²) in [6.45, 7) is 3.55. The fourth-order valence-corrected chi connectivity index (χ4v) is 4.90. The van der Waals surface area contributed by atoms with Crippen LogP contribution >= 0.6 is 11.3 Å². The third-order valence-electron chi connectivity index (χ3n) is 5.61. The normalized spacial score (nSPS) is 15.9. The van der Waals surface area contributed by atoms with E-state index in [0.717, 1.165) is 21.2 Å². The molecule has 172 valence electrons. The van der Waals surface area contributed by atoms with Crippen molar-refractivity contribution in [2.75, 3.05) is 33.4 Å². The van der Waals surface area contributed by atoms with Crippen molar-refractivity contribution in [3.05, 3.63) is 71.4 Å². The lowest BCUT2D eigenvalue weighted by Gasteiger charge is -2.40. The van der Waals surface area contributed by atoms with Crippen molar-refractivity contribution in [1.82, 2.24) is 14.8 Å². The van der Waals surface area contributed by atoms with Crippen LogP contribution in [0.1, 0.15) is 21.9 Å². The first-order chi connectivity index (χ1) is 16.1. The SMILES string of the molecule is COC(=O)N1CCN(C(=O)c2nc(C)sc2-c2ccccc2)C(CCOc2ccccc2)C1. The van der Waals surface area contributed by atoms with Gasteiger partial charge in [-0.2, -0.15) is 0 Å². The summed E-state index contributed by atoms with van der Waals surface area (Å²) >= 11 is 1.52. The minimum Gasteiger partial charge on any atom is -0.494 e. The van der Waals surface area contributed by atoms with Crippen LogP contribution in [-0.4, -0.2) is 66.2 Å². The standard InChI is InChI=1S/C25H27N3O4S/c1-18-26-22(23(33-18)19-9-5-3-6-10-19)24(29)28-15-14-27(25(30)31-2)17-20(28)13-16-32-21-11-7-4-8-12-21/h3-12,20H,13-17H2,1-2H3. The van der Waals surface area contributed by atoms with E-state index in [1.807, 2.05) is 72.5 Å². The summed E-state index contributed by atoms with van der Waals surface area (Å²) in [5, 5.41) is 0.842. The molecule has 0 saturated carbocycles. The highest BCUT2D eigenvalue weighted by Gasteiger charge is 2.35. The number of methoxy groups -OCH3 is 1. The molecule has 3 aromatic rings. The second-order valence-electron chi connectivity index (χ2n) is 7.80. The Morgan fingerprint density at radius 2 is 1.76 bits per heavy atom. The Labute approximate surface area is 197 Å². The van der Waals surface area contributed by atoms with Crippen LogP contribution in [0, 0.1) is 6.92 Å². The summed E-state index contributed by atoms with van der Waals surface area (Å²) in [4.78, 5) is 34.8.